The van der Waals surface area contributed by atoms with Crippen LogP contribution < -0.4 is 5.32 Å². The van der Waals surface area contributed by atoms with Gasteiger partial charge in [-0.15, -0.1) is 0 Å². The van der Waals surface area contributed by atoms with E-state index in [4.69, 9.17) is 0 Å². The first-order chi connectivity index (χ1) is 8.75. The van der Waals surface area contributed by atoms with Crippen molar-refractivity contribution in [3.63, 3.8) is 0 Å². The summed E-state index contributed by atoms with van der Waals surface area (Å²) in [5.74, 6) is 0. The molecule has 3 aliphatic heterocycles. The van der Waals surface area contributed by atoms with E-state index in [-0.39, 0.29) is 0 Å². The molecule has 1 N–H and O–H groups in total. The lowest BCUT2D eigenvalue weighted by Crippen LogP contribution is -2.44. The molecule has 3 fully saturated rings. The highest BCUT2D eigenvalue weighted by molar-refractivity contribution is 4.91. The zero-order chi connectivity index (χ0) is 12.4. The van der Waals surface area contributed by atoms with Crippen molar-refractivity contribution in [3.8, 4) is 0 Å². The number of hydrogen-bond donors (Lipinski definition) is 1. The lowest BCUT2D eigenvalue weighted by Gasteiger charge is -2.34. The predicted octanol–water partition coefficient (Wildman–Crippen LogP) is 1.55. The molecule has 18 heavy (non-hydrogen) atoms. The van der Waals surface area contributed by atoms with Crippen molar-refractivity contribution in [2.24, 2.45) is 5.41 Å². The molecule has 0 radical (unpaired) electrons. The number of hydrogen-bond acceptors (Lipinski definition) is 3. The Hall–Kier alpha value is -0.120. The summed E-state index contributed by atoms with van der Waals surface area (Å²) in [5.41, 5.74) is 0.535. The van der Waals surface area contributed by atoms with E-state index in [0.717, 1.165) is 6.04 Å². The molecule has 104 valence electrons. The summed E-state index contributed by atoms with van der Waals surface area (Å²) in [4.78, 5) is 5.49. The van der Waals surface area contributed by atoms with Gasteiger partial charge < -0.3 is 10.2 Å². The van der Waals surface area contributed by atoms with E-state index in [1.54, 1.807) is 0 Å². The molecule has 3 rings (SSSR count). The third kappa shape index (κ3) is 2.89. The van der Waals surface area contributed by atoms with Gasteiger partial charge >= 0.3 is 0 Å². The minimum absolute atomic E-state index is 0.535. The third-order valence-electron chi connectivity index (χ3n) is 5.21. The van der Waals surface area contributed by atoms with Gasteiger partial charge in [-0.2, -0.15) is 0 Å². The molecule has 0 amide bonds. The second-order valence-electron chi connectivity index (χ2n) is 7.01. The molecule has 0 aromatic carbocycles. The standard InChI is InChI=1S/C15H29N3/c1-15(6-7-16-12-15)13-18-10-4-5-14(18)11-17-8-2-3-9-17/h14,16H,2-13H2,1H3. The van der Waals surface area contributed by atoms with E-state index in [9.17, 15) is 0 Å². The van der Waals surface area contributed by atoms with Crippen molar-refractivity contribution in [1.82, 2.24) is 15.1 Å². The molecule has 3 nitrogen and oxygen atoms in total. The van der Waals surface area contributed by atoms with Crippen LogP contribution in [0.1, 0.15) is 39.0 Å². The minimum Gasteiger partial charge on any atom is -0.316 e. The maximum absolute atomic E-state index is 3.54. The van der Waals surface area contributed by atoms with E-state index in [2.05, 4.69) is 22.0 Å². The number of rotatable bonds is 4. The van der Waals surface area contributed by atoms with Crippen LogP contribution in [-0.4, -0.2) is 61.7 Å². The van der Waals surface area contributed by atoms with E-state index < -0.39 is 0 Å². The Morgan fingerprint density at radius 1 is 1.17 bits per heavy atom. The second kappa shape index (κ2) is 5.48. The van der Waals surface area contributed by atoms with Crippen LogP contribution in [0.4, 0.5) is 0 Å². The number of likely N-dealkylation sites (tertiary alicyclic amines) is 2. The molecule has 3 saturated heterocycles. The van der Waals surface area contributed by atoms with Crippen LogP contribution in [0.3, 0.4) is 0 Å². The highest BCUT2D eigenvalue weighted by Crippen LogP contribution is 2.30. The lowest BCUT2D eigenvalue weighted by molar-refractivity contribution is 0.137. The molecule has 3 heteroatoms. The van der Waals surface area contributed by atoms with E-state index in [1.807, 2.05) is 0 Å². The van der Waals surface area contributed by atoms with Gasteiger partial charge in [0.05, 0.1) is 0 Å². The van der Waals surface area contributed by atoms with Gasteiger partial charge in [-0.1, -0.05) is 6.92 Å². The van der Waals surface area contributed by atoms with Crippen molar-refractivity contribution < 1.29 is 0 Å². The van der Waals surface area contributed by atoms with Crippen LogP contribution in [0, 0.1) is 5.41 Å². The summed E-state index contributed by atoms with van der Waals surface area (Å²) in [6, 6.07) is 0.848. The number of nitrogens with zero attached hydrogens (tertiary/aromatic N) is 2. The fourth-order valence-corrected chi connectivity index (χ4v) is 4.07. The second-order valence-corrected chi connectivity index (χ2v) is 7.01. The molecule has 0 aromatic rings. The summed E-state index contributed by atoms with van der Waals surface area (Å²) in [5, 5.41) is 3.54. The third-order valence-corrected chi connectivity index (χ3v) is 5.21. The van der Waals surface area contributed by atoms with E-state index >= 15 is 0 Å². The van der Waals surface area contributed by atoms with Gasteiger partial charge in [-0.3, -0.25) is 4.90 Å². The molecule has 2 unspecified atom stereocenters. The van der Waals surface area contributed by atoms with E-state index in [0.29, 0.717) is 5.41 Å². The van der Waals surface area contributed by atoms with Crippen LogP contribution in [0.15, 0.2) is 0 Å². The SMILES string of the molecule is CC1(CN2CCCC2CN2CCCC2)CCNC1. The molecule has 0 saturated carbocycles. The first kappa shape index (κ1) is 12.9. The highest BCUT2D eigenvalue weighted by Gasteiger charge is 2.35. The largest absolute Gasteiger partial charge is 0.316 e. The topological polar surface area (TPSA) is 18.5 Å². The zero-order valence-corrected chi connectivity index (χ0v) is 12.0. The molecular formula is C15H29N3. The van der Waals surface area contributed by atoms with Crippen molar-refractivity contribution in [2.75, 3.05) is 45.8 Å². The monoisotopic (exact) mass is 251 g/mol. The van der Waals surface area contributed by atoms with Gasteiger partial charge in [-0.25, -0.2) is 0 Å². The van der Waals surface area contributed by atoms with Gasteiger partial charge in [-0.05, 0) is 63.7 Å². The van der Waals surface area contributed by atoms with Gasteiger partial charge in [0.1, 0.15) is 0 Å². The van der Waals surface area contributed by atoms with Gasteiger partial charge in [0.25, 0.3) is 0 Å². The minimum atomic E-state index is 0.535. The van der Waals surface area contributed by atoms with Crippen LogP contribution in [0.5, 0.6) is 0 Å². The van der Waals surface area contributed by atoms with Gasteiger partial charge in [0.15, 0.2) is 0 Å². The first-order valence-electron chi connectivity index (χ1n) is 7.92. The van der Waals surface area contributed by atoms with Crippen LogP contribution in [0.25, 0.3) is 0 Å². The van der Waals surface area contributed by atoms with Crippen molar-refractivity contribution in [3.05, 3.63) is 0 Å². The lowest BCUT2D eigenvalue weighted by atomic mass is 9.89. The van der Waals surface area contributed by atoms with E-state index in [1.165, 1.54) is 77.9 Å². The van der Waals surface area contributed by atoms with Crippen LogP contribution in [0.2, 0.25) is 0 Å². The van der Waals surface area contributed by atoms with Crippen LogP contribution in [-0.2, 0) is 0 Å². The summed E-state index contributed by atoms with van der Waals surface area (Å²) >= 11 is 0. The summed E-state index contributed by atoms with van der Waals surface area (Å²) in [6.07, 6.45) is 7.06. The predicted molar refractivity (Wildman–Crippen MR) is 75.9 cm³/mol. The molecule has 0 spiro atoms. The number of nitrogens with one attached hydrogen (secondary N) is 1. The Morgan fingerprint density at radius 3 is 2.72 bits per heavy atom. The Balaban J connectivity index is 1.53. The van der Waals surface area contributed by atoms with Crippen LogP contribution >= 0.6 is 0 Å². The maximum atomic E-state index is 3.54. The molecule has 2 atom stereocenters. The molecule has 0 bridgehead atoms. The summed E-state index contributed by atoms with van der Waals surface area (Å²) < 4.78 is 0. The van der Waals surface area contributed by atoms with Gasteiger partial charge in [0, 0.05) is 25.7 Å². The summed E-state index contributed by atoms with van der Waals surface area (Å²) in [6.45, 7) is 11.6. The maximum Gasteiger partial charge on any atom is 0.0223 e. The average Bonchev–Trinajstić information content (AvgIpc) is 3.04. The highest BCUT2D eigenvalue weighted by atomic mass is 15.2. The Kier molecular flexibility index (Phi) is 3.92. The first-order valence-corrected chi connectivity index (χ1v) is 7.92. The molecule has 0 aromatic heterocycles. The summed E-state index contributed by atoms with van der Waals surface area (Å²) in [7, 11) is 0. The fraction of sp³-hybridized carbons (Fsp3) is 1.00. The Labute approximate surface area is 112 Å². The Morgan fingerprint density at radius 2 is 2.00 bits per heavy atom. The zero-order valence-electron chi connectivity index (χ0n) is 12.0. The molecular weight excluding hydrogens is 222 g/mol. The molecule has 3 heterocycles. The fourth-order valence-electron chi connectivity index (χ4n) is 4.07. The van der Waals surface area contributed by atoms with Crippen molar-refractivity contribution in [1.29, 1.82) is 0 Å². The average molecular weight is 251 g/mol. The van der Waals surface area contributed by atoms with Gasteiger partial charge in [0.2, 0.25) is 0 Å². The van der Waals surface area contributed by atoms with Crippen molar-refractivity contribution in [2.45, 2.75) is 45.1 Å². The smallest absolute Gasteiger partial charge is 0.0223 e. The molecule has 0 aliphatic carbocycles. The van der Waals surface area contributed by atoms with Crippen molar-refractivity contribution >= 4 is 0 Å². The Bertz CT molecular complexity index is 267. The quantitative estimate of drug-likeness (QED) is 0.818. The molecule has 3 aliphatic rings. The normalized spacial score (nSPS) is 38.8.